The van der Waals surface area contributed by atoms with E-state index in [0.717, 1.165) is 19.4 Å². The van der Waals surface area contributed by atoms with Gasteiger partial charge in [-0.3, -0.25) is 4.79 Å². The van der Waals surface area contributed by atoms with Crippen molar-refractivity contribution >= 4 is 11.9 Å². The molecule has 3 amide bonds. The van der Waals surface area contributed by atoms with Crippen LogP contribution >= 0.6 is 0 Å². The van der Waals surface area contributed by atoms with E-state index in [9.17, 15) is 9.59 Å². The standard InChI is InChI=1S/C19H29N3O2/c1-15(2)20-19(24)22-11-5-10-21(12-13-22)18(23)9-8-17-7-4-6-16(3)14-17/h4,6-7,14-15H,5,8-13H2,1-3H3,(H,20,24). The second-order valence-electron chi connectivity index (χ2n) is 6.81. The molecule has 0 unspecified atom stereocenters. The van der Waals surface area contributed by atoms with E-state index in [0.29, 0.717) is 26.1 Å². The Hall–Kier alpha value is -2.04. The van der Waals surface area contributed by atoms with Crippen LogP contribution in [-0.2, 0) is 11.2 Å². The number of nitrogens with zero attached hydrogens (tertiary/aromatic N) is 2. The minimum atomic E-state index is -0.0286. The molecule has 1 N–H and O–H groups in total. The van der Waals surface area contributed by atoms with Gasteiger partial charge in [-0.25, -0.2) is 4.79 Å². The normalized spacial score (nSPS) is 15.3. The number of nitrogens with one attached hydrogen (secondary N) is 1. The zero-order chi connectivity index (χ0) is 17.5. The summed E-state index contributed by atoms with van der Waals surface area (Å²) in [7, 11) is 0. The van der Waals surface area contributed by atoms with Crippen LogP contribution in [0.4, 0.5) is 4.79 Å². The number of aryl methyl sites for hydroxylation is 2. The summed E-state index contributed by atoms with van der Waals surface area (Å²) in [6.07, 6.45) is 2.14. The quantitative estimate of drug-likeness (QED) is 0.922. The number of amides is 3. The molecule has 5 nitrogen and oxygen atoms in total. The van der Waals surface area contributed by atoms with E-state index in [-0.39, 0.29) is 18.0 Å². The summed E-state index contributed by atoms with van der Waals surface area (Å²) in [6, 6.07) is 8.41. The molecular formula is C19H29N3O2. The summed E-state index contributed by atoms with van der Waals surface area (Å²) in [4.78, 5) is 28.3. The molecule has 5 heteroatoms. The van der Waals surface area contributed by atoms with Crippen molar-refractivity contribution in [3.05, 3.63) is 35.4 Å². The third-order valence-electron chi connectivity index (χ3n) is 4.26. The molecule has 2 rings (SSSR count). The van der Waals surface area contributed by atoms with Gasteiger partial charge in [-0.1, -0.05) is 29.8 Å². The maximum atomic E-state index is 12.5. The highest BCUT2D eigenvalue weighted by Gasteiger charge is 2.22. The molecule has 0 bridgehead atoms. The molecule has 0 spiro atoms. The fraction of sp³-hybridized carbons (Fsp3) is 0.579. The van der Waals surface area contributed by atoms with E-state index in [1.165, 1.54) is 11.1 Å². The third kappa shape index (κ3) is 5.55. The molecule has 1 aromatic carbocycles. The number of urea groups is 1. The number of hydrogen-bond acceptors (Lipinski definition) is 2. The van der Waals surface area contributed by atoms with Crippen LogP contribution in [0.5, 0.6) is 0 Å². The Morgan fingerprint density at radius 3 is 2.54 bits per heavy atom. The fourth-order valence-corrected chi connectivity index (χ4v) is 2.99. The minimum absolute atomic E-state index is 0.0286. The zero-order valence-corrected chi connectivity index (χ0v) is 15.0. The van der Waals surface area contributed by atoms with E-state index in [4.69, 9.17) is 0 Å². The lowest BCUT2D eigenvalue weighted by molar-refractivity contribution is -0.131. The first kappa shape index (κ1) is 18.3. The molecule has 1 aliphatic heterocycles. The largest absolute Gasteiger partial charge is 0.341 e. The van der Waals surface area contributed by atoms with Crippen molar-refractivity contribution in [3.63, 3.8) is 0 Å². The Morgan fingerprint density at radius 2 is 1.83 bits per heavy atom. The average Bonchev–Trinajstić information content (AvgIpc) is 2.78. The highest BCUT2D eigenvalue weighted by atomic mass is 16.2. The molecule has 1 saturated heterocycles. The lowest BCUT2D eigenvalue weighted by atomic mass is 10.1. The highest BCUT2D eigenvalue weighted by Crippen LogP contribution is 2.10. The SMILES string of the molecule is Cc1cccc(CCC(=O)N2CCCN(C(=O)NC(C)C)CC2)c1. The van der Waals surface area contributed by atoms with Gasteiger partial charge < -0.3 is 15.1 Å². The summed E-state index contributed by atoms with van der Waals surface area (Å²) < 4.78 is 0. The fourth-order valence-electron chi connectivity index (χ4n) is 2.99. The summed E-state index contributed by atoms with van der Waals surface area (Å²) in [5, 5.41) is 2.92. The van der Waals surface area contributed by atoms with Crippen LogP contribution < -0.4 is 5.32 Å². The minimum Gasteiger partial charge on any atom is -0.341 e. The van der Waals surface area contributed by atoms with Gasteiger partial charge in [0.1, 0.15) is 0 Å². The first-order chi connectivity index (χ1) is 11.5. The molecule has 24 heavy (non-hydrogen) atoms. The number of benzene rings is 1. The highest BCUT2D eigenvalue weighted by molar-refractivity contribution is 5.77. The summed E-state index contributed by atoms with van der Waals surface area (Å²) in [6.45, 7) is 8.65. The van der Waals surface area contributed by atoms with E-state index in [1.54, 1.807) is 0 Å². The van der Waals surface area contributed by atoms with Gasteiger partial charge in [0.15, 0.2) is 0 Å². The van der Waals surface area contributed by atoms with E-state index in [2.05, 4.69) is 30.4 Å². The Bertz CT molecular complexity index is 571. The Balaban J connectivity index is 1.82. The molecule has 0 radical (unpaired) electrons. The van der Waals surface area contributed by atoms with E-state index >= 15 is 0 Å². The van der Waals surface area contributed by atoms with Gasteiger partial charge in [0.25, 0.3) is 0 Å². The molecule has 132 valence electrons. The molecular weight excluding hydrogens is 302 g/mol. The summed E-state index contributed by atoms with van der Waals surface area (Å²) in [5.41, 5.74) is 2.43. The zero-order valence-electron chi connectivity index (χ0n) is 15.0. The van der Waals surface area contributed by atoms with Crippen LogP contribution in [0.25, 0.3) is 0 Å². The second kappa shape index (κ2) is 8.71. The number of rotatable bonds is 4. The van der Waals surface area contributed by atoms with Crippen molar-refractivity contribution in [3.8, 4) is 0 Å². The van der Waals surface area contributed by atoms with Gasteiger partial charge in [0, 0.05) is 38.6 Å². The predicted octanol–water partition coefficient (Wildman–Crippen LogP) is 2.58. The Labute approximate surface area is 145 Å². The molecule has 0 aromatic heterocycles. The number of carbonyl (C=O) groups is 2. The van der Waals surface area contributed by atoms with Gasteiger partial charge in [0.05, 0.1) is 0 Å². The topological polar surface area (TPSA) is 52.7 Å². The van der Waals surface area contributed by atoms with Crippen molar-refractivity contribution in [2.75, 3.05) is 26.2 Å². The molecule has 1 aliphatic rings. The van der Waals surface area contributed by atoms with E-state index in [1.807, 2.05) is 29.7 Å². The van der Waals surface area contributed by atoms with Crippen LogP contribution in [0, 0.1) is 6.92 Å². The smallest absolute Gasteiger partial charge is 0.317 e. The van der Waals surface area contributed by atoms with Gasteiger partial charge in [-0.15, -0.1) is 0 Å². The lowest BCUT2D eigenvalue weighted by Crippen LogP contribution is -2.44. The van der Waals surface area contributed by atoms with Crippen LogP contribution in [0.2, 0.25) is 0 Å². The molecule has 0 aliphatic carbocycles. The number of hydrogen-bond donors (Lipinski definition) is 1. The maximum absolute atomic E-state index is 12.5. The Kier molecular flexibility index (Phi) is 6.64. The van der Waals surface area contributed by atoms with Crippen molar-refractivity contribution in [2.45, 2.75) is 46.1 Å². The van der Waals surface area contributed by atoms with Crippen molar-refractivity contribution < 1.29 is 9.59 Å². The second-order valence-corrected chi connectivity index (χ2v) is 6.81. The predicted molar refractivity (Wildman–Crippen MR) is 95.9 cm³/mol. The average molecular weight is 331 g/mol. The molecule has 1 aromatic rings. The molecule has 0 saturated carbocycles. The lowest BCUT2D eigenvalue weighted by Gasteiger charge is -2.23. The third-order valence-corrected chi connectivity index (χ3v) is 4.26. The summed E-state index contributed by atoms with van der Waals surface area (Å²) in [5.74, 6) is 0.183. The van der Waals surface area contributed by atoms with Crippen LogP contribution in [0.15, 0.2) is 24.3 Å². The van der Waals surface area contributed by atoms with Crippen molar-refractivity contribution in [1.29, 1.82) is 0 Å². The molecule has 1 heterocycles. The maximum Gasteiger partial charge on any atom is 0.317 e. The van der Waals surface area contributed by atoms with Crippen LogP contribution in [-0.4, -0.2) is 54.0 Å². The van der Waals surface area contributed by atoms with Crippen LogP contribution in [0.1, 0.15) is 37.8 Å². The van der Waals surface area contributed by atoms with Gasteiger partial charge in [0.2, 0.25) is 5.91 Å². The first-order valence-electron chi connectivity index (χ1n) is 8.84. The first-order valence-corrected chi connectivity index (χ1v) is 8.84. The van der Waals surface area contributed by atoms with Crippen LogP contribution in [0.3, 0.4) is 0 Å². The molecule has 1 fully saturated rings. The summed E-state index contributed by atoms with van der Waals surface area (Å²) >= 11 is 0. The number of carbonyl (C=O) groups excluding carboxylic acids is 2. The Morgan fingerprint density at radius 1 is 1.12 bits per heavy atom. The van der Waals surface area contributed by atoms with E-state index < -0.39 is 0 Å². The monoisotopic (exact) mass is 331 g/mol. The molecule has 0 atom stereocenters. The van der Waals surface area contributed by atoms with Crippen molar-refractivity contribution in [2.24, 2.45) is 0 Å². The van der Waals surface area contributed by atoms with Gasteiger partial charge in [-0.05, 0) is 39.2 Å². The van der Waals surface area contributed by atoms with Gasteiger partial charge >= 0.3 is 6.03 Å². The van der Waals surface area contributed by atoms with Crippen molar-refractivity contribution in [1.82, 2.24) is 15.1 Å². The van der Waals surface area contributed by atoms with Gasteiger partial charge in [-0.2, -0.15) is 0 Å².